The minimum absolute atomic E-state index is 0.412. The van der Waals surface area contributed by atoms with Gasteiger partial charge in [-0.25, -0.2) is 4.99 Å². The minimum atomic E-state index is 0.412. The molecule has 0 saturated heterocycles. The summed E-state index contributed by atoms with van der Waals surface area (Å²) in [4.78, 5) is 4.38. The molecule has 2 N–H and O–H groups in total. The van der Waals surface area contributed by atoms with Crippen LogP contribution in [0.3, 0.4) is 0 Å². The van der Waals surface area contributed by atoms with Crippen molar-refractivity contribution in [2.24, 2.45) is 16.6 Å². The third-order valence-corrected chi connectivity index (χ3v) is 3.49. The predicted octanol–water partition coefficient (Wildman–Crippen LogP) is 4.17. The van der Waals surface area contributed by atoms with Crippen LogP contribution in [-0.4, -0.2) is 5.84 Å². The topological polar surface area (TPSA) is 38.4 Å². The highest BCUT2D eigenvalue weighted by atomic mass is 35.5. The molecule has 1 aliphatic rings. The molecule has 1 saturated carbocycles. The zero-order valence-corrected chi connectivity index (χ0v) is 10.4. The number of rotatable bonds is 2. The molecule has 0 heterocycles. The van der Waals surface area contributed by atoms with Gasteiger partial charge in [0.05, 0.1) is 10.7 Å². The molecule has 0 aromatic heterocycles. The van der Waals surface area contributed by atoms with E-state index in [-0.39, 0.29) is 0 Å². The summed E-state index contributed by atoms with van der Waals surface area (Å²) < 4.78 is 0. The zero-order valence-electron chi connectivity index (χ0n) is 8.92. The first-order valence-corrected chi connectivity index (χ1v) is 6.21. The molecule has 4 heteroatoms. The van der Waals surface area contributed by atoms with Crippen molar-refractivity contribution >= 4 is 34.7 Å². The number of nitrogens with two attached hydrogens (primary N) is 1. The summed E-state index contributed by atoms with van der Waals surface area (Å²) in [6.45, 7) is 0. The van der Waals surface area contributed by atoms with Crippen LogP contribution in [0.1, 0.15) is 25.7 Å². The van der Waals surface area contributed by atoms with Crippen molar-refractivity contribution < 1.29 is 0 Å². The fraction of sp³-hybridized carbons (Fsp3) is 0.417. The van der Waals surface area contributed by atoms with Gasteiger partial charge in [0, 0.05) is 10.9 Å². The van der Waals surface area contributed by atoms with Crippen LogP contribution in [0.25, 0.3) is 0 Å². The lowest BCUT2D eigenvalue weighted by Crippen LogP contribution is -2.20. The lowest BCUT2D eigenvalue weighted by Gasteiger charge is -2.08. The van der Waals surface area contributed by atoms with Crippen LogP contribution in [0.2, 0.25) is 10.0 Å². The van der Waals surface area contributed by atoms with Gasteiger partial charge >= 0.3 is 0 Å². The maximum absolute atomic E-state index is 6.03. The second-order valence-electron chi connectivity index (χ2n) is 4.11. The molecule has 86 valence electrons. The quantitative estimate of drug-likeness (QED) is 0.626. The van der Waals surface area contributed by atoms with Crippen LogP contribution in [0.15, 0.2) is 23.2 Å². The van der Waals surface area contributed by atoms with Gasteiger partial charge in [-0.15, -0.1) is 0 Å². The highest BCUT2D eigenvalue weighted by molar-refractivity contribution is 6.35. The second kappa shape index (κ2) is 5.07. The molecule has 0 aliphatic heterocycles. The van der Waals surface area contributed by atoms with Gasteiger partial charge in [0.2, 0.25) is 0 Å². The standard InChI is InChI=1S/C12H14Cl2N2/c13-9-5-6-10(14)11(7-9)16-12(15)8-3-1-2-4-8/h5-8H,1-4H2,(H2,15,16). The molecule has 16 heavy (non-hydrogen) atoms. The summed E-state index contributed by atoms with van der Waals surface area (Å²) in [5, 5.41) is 1.22. The molecule has 1 aromatic carbocycles. The van der Waals surface area contributed by atoms with Gasteiger partial charge in [-0.1, -0.05) is 36.0 Å². The largest absolute Gasteiger partial charge is 0.387 e. The lowest BCUT2D eigenvalue weighted by molar-refractivity contribution is 0.722. The van der Waals surface area contributed by atoms with Crippen LogP contribution in [0.4, 0.5) is 5.69 Å². The Labute approximate surface area is 105 Å². The number of amidine groups is 1. The molecule has 0 atom stereocenters. The van der Waals surface area contributed by atoms with Crippen molar-refractivity contribution in [1.82, 2.24) is 0 Å². The highest BCUT2D eigenvalue weighted by Crippen LogP contribution is 2.30. The Bertz CT molecular complexity index is 409. The number of aliphatic imine (C=N–C) groups is 1. The number of nitrogens with zero attached hydrogens (tertiary/aromatic N) is 1. The van der Waals surface area contributed by atoms with Gasteiger partial charge in [0.25, 0.3) is 0 Å². The van der Waals surface area contributed by atoms with E-state index in [0.717, 1.165) is 12.8 Å². The van der Waals surface area contributed by atoms with Crippen LogP contribution >= 0.6 is 23.2 Å². The van der Waals surface area contributed by atoms with E-state index in [2.05, 4.69) is 4.99 Å². The third-order valence-electron chi connectivity index (χ3n) is 2.93. The first-order valence-electron chi connectivity index (χ1n) is 5.46. The molecule has 0 unspecified atom stereocenters. The Morgan fingerprint density at radius 3 is 2.62 bits per heavy atom. The van der Waals surface area contributed by atoms with Crippen molar-refractivity contribution in [1.29, 1.82) is 0 Å². The summed E-state index contributed by atoms with van der Waals surface area (Å²) in [5.74, 6) is 1.09. The maximum atomic E-state index is 6.03. The first-order chi connectivity index (χ1) is 7.66. The average Bonchev–Trinajstić information content (AvgIpc) is 2.76. The van der Waals surface area contributed by atoms with Crippen LogP contribution in [-0.2, 0) is 0 Å². The molecule has 0 spiro atoms. The smallest absolute Gasteiger partial charge is 0.103 e. The van der Waals surface area contributed by atoms with E-state index in [9.17, 15) is 0 Å². The Kier molecular flexibility index (Phi) is 3.72. The summed E-state index contributed by atoms with van der Waals surface area (Å²) in [5.41, 5.74) is 6.64. The fourth-order valence-corrected chi connectivity index (χ4v) is 2.35. The van der Waals surface area contributed by atoms with Crippen molar-refractivity contribution in [3.63, 3.8) is 0 Å². The normalized spacial score (nSPS) is 18.0. The van der Waals surface area contributed by atoms with Crippen LogP contribution in [0.5, 0.6) is 0 Å². The Balaban J connectivity index is 2.23. The van der Waals surface area contributed by atoms with Gasteiger partial charge < -0.3 is 5.73 Å². The number of hydrogen-bond donors (Lipinski definition) is 1. The first kappa shape index (κ1) is 11.7. The highest BCUT2D eigenvalue weighted by Gasteiger charge is 2.18. The molecule has 0 radical (unpaired) electrons. The van der Waals surface area contributed by atoms with Gasteiger partial charge in [0.15, 0.2) is 0 Å². The SMILES string of the molecule is NC(=Nc1cc(Cl)ccc1Cl)C1CCCC1. The molecule has 2 nitrogen and oxygen atoms in total. The van der Waals surface area contributed by atoms with E-state index in [1.165, 1.54) is 12.8 Å². The summed E-state index contributed by atoms with van der Waals surface area (Å²) >= 11 is 11.9. The third kappa shape index (κ3) is 2.69. The Morgan fingerprint density at radius 2 is 1.94 bits per heavy atom. The molecule has 0 bridgehead atoms. The molecule has 0 amide bonds. The lowest BCUT2D eigenvalue weighted by atomic mass is 10.1. The fourth-order valence-electron chi connectivity index (χ4n) is 2.02. The molecular weight excluding hydrogens is 243 g/mol. The van der Waals surface area contributed by atoms with E-state index >= 15 is 0 Å². The van der Waals surface area contributed by atoms with E-state index in [1.807, 2.05) is 0 Å². The second-order valence-corrected chi connectivity index (χ2v) is 4.96. The van der Waals surface area contributed by atoms with Gasteiger partial charge in [-0.2, -0.15) is 0 Å². The van der Waals surface area contributed by atoms with Crippen molar-refractivity contribution in [2.45, 2.75) is 25.7 Å². The zero-order chi connectivity index (χ0) is 11.5. The Hall–Kier alpha value is -0.730. The number of benzene rings is 1. The van der Waals surface area contributed by atoms with E-state index in [1.54, 1.807) is 18.2 Å². The van der Waals surface area contributed by atoms with Crippen LogP contribution in [0, 0.1) is 5.92 Å². The number of hydrogen-bond acceptors (Lipinski definition) is 1. The molecule has 1 fully saturated rings. The molecular formula is C12H14Cl2N2. The van der Waals surface area contributed by atoms with Gasteiger partial charge in [0.1, 0.15) is 5.84 Å². The van der Waals surface area contributed by atoms with Gasteiger partial charge in [-0.05, 0) is 31.0 Å². The minimum Gasteiger partial charge on any atom is -0.387 e. The number of halogens is 2. The Morgan fingerprint density at radius 1 is 1.25 bits per heavy atom. The summed E-state index contributed by atoms with van der Waals surface area (Å²) in [7, 11) is 0. The van der Waals surface area contributed by atoms with Crippen molar-refractivity contribution in [3.05, 3.63) is 28.2 Å². The molecule has 1 aromatic rings. The van der Waals surface area contributed by atoms with E-state index in [0.29, 0.717) is 27.5 Å². The molecule has 2 rings (SSSR count). The maximum Gasteiger partial charge on any atom is 0.103 e. The van der Waals surface area contributed by atoms with Crippen molar-refractivity contribution in [2.75, 3.05) is 0 Å². The molecule has 1 aliphatic carbocycles. The van der Waals surface area contributed by atoms with Crippen LogP contribution < -0.4 is 5.73 Å². The van der Waals surface area contributed by atoms with Gasteiger partial charge in [-0.3, -0.25) is 0 Å². The van der Waals surface area contributed by atoms with Crippen molar-refractivity contribution in [3.8, 4) is 0 Å². The van der Waals surface area contributed by atoms with E-state index in [4.69, 9.17) is 28.9 Å². The monoisotopic (exact) mass is 256 g/mol. The average molecular weight is 257 g/mol. The predicted molar refractivity (Wildman–Crippen MR) is 69.7 cm³/mol. The summed E-state index contributed by atoms with van der Waals surface area (Å²) in [6, 6.07) is 5.23. The van der Waals surface area contributed by atoms with E-state index < -0.39 is 0 Å². The summed E-state index contributed by atoms with van der Waals surface area (Å²) in [6.07, 6.45) is 4.75.